The third-order valence-electron chi connectivity index (χ3n) is 6.92. The molecule has 0 saturated heterocycles. The molecule has 1 saturated carbocycles. The molecule has 0 aromatic heterocycles. The van der Waals surface area contributed by atoms with Crippen LogP contribution in [-0.2, 0) is 0 Å². The smallest absolute Gasteiger partial charge is 0.0373 e. The van der Waals surface area contributed by atoms with Gasteiger partial charge in [0.05, 0.1) is 0 Å². The van der Waals surface area contributed by atoms with E-state index in [-0.39, 0.29) is 0 Å². The van der Waals surface area contributed by atoms with Crippen molar-refractivity contribution in [2.45, 2.75) is 85.6 Å². The second-order valence-corrected chi connectivity index (χ2v) is 9.41. The molecule has 0 radical (unpaired) electrons. The maximum absolute atomic E-state index is 4.47. The molecule has 1 heterocycles. The van der Waals surface area contributed by atoms with Gasteiger partial charge in [-0.2, -0.15) is 0 Å². The molecule has 24 heavy (non-hydrogen) atoms. The molecule has 0 spiro atoms. The zero-order valence-electron chi connectivity index (χ0n) is 16.6. The van der Waals surface area contributed by atoms with Gasteiger partial charge in [-0.1, -0.05) is 47.1 Å². The lowest BCUT2D eigenvalue weighted by molar-refractivity contribution is 0.240. The second-order valence-electron chi connectivity index (χ2n) is 9.41. The Balaban J connectivity index is 1.82. The molecule has 0 aromatic carbocycles. The third kappa shape index (κ3) is 3.37. The van der Waals surface area contributed by atoms with Gasteiger partial charge in [0.2, 0.25) is 0 Å². The lowest BCUT2D eigenvalue weighted by Crippen LogP contribution is -2.32. The number of nitrogens with zero attached hydrogens (tertiary/aromatic N) is 1. The fraction of sp³-hybridized carbons (Fsp3) is 0.739. The highest BCUT2D eigenvalue weighted by atomic mass is 15.2. The van der Waals surface area contributed by atoms with Crippen LogP contribution in [0.15, 0.2) is 35.1 Å². The Hall–Kier alpha value is -0.980. The van der Waals surface area contributed by atoms with Crippen molar-refractivity contribution in [1.82, 2.24) is 4.90 Å². The van der Waals surface area contributed by atoms with E-state index in [1.165, 1.54) is 50.6 Å². The molecule has 1 unspecified atom stereocenters. The first-order valence-electron chi connectivity index (χ1n) is 10.2. The van der Waals surface area contributed by atoms with Crippen molar-refractivity contribution in [1.29, 1.82) is 0 Å². The average Bonchev–Trinajstić information content (AvgIpc) is 2.80. The summed E-state index contributed by atoms with van der Waals surface area (Å²) in [4.78, 5) is 2.67. The largest absolute Gasteiger partial charge is 0.368 e. The summed E-state index contributed by atoms with van der Waals surface area (Å²) in [5, 5.41) is 0. The lowest BCUT2D eigenvalue weighted by Gasteiger charge is -2.31. The molecule has 0 bridgehead atoms. The molecule has 0 amide bonds. The summed E-state index contributed by atoms with van der Waals surface area (Å²) in [6, 6.07) is 0.635. The summed E-state index contributed by atoms with van der Waals surface area (Å²) in [5.74, 6) is 1.83. The first kappa shape index (κ1) is 17.8. The van der Waals surface area contributed by atoms with Gasteiger partial charge in [-0.15, -0.1) is 0 Å². The molecule has 0 N–H and O–H groups in total. The first-order valence-corrected chi connectivity index (χ1v) is 10.2. The highest BCUT2D eigenvalue weighted by Gasteiger charge is 2.40. The predicted molar refractivity (Wildman–Crippen MR) is 105 cm³/mol. The van der Waals surface area contributed by atoms with E-state index in [1.807, 2.05) is 0 Å². The van der Waals surface area contributed by atoms with Crippen LogP contribution in [0.4, 0.5) is 0 Å². The summed E-state index contributed by atoms with van der Waals surface area (Å²) in [5.41, 5.74) is 6.42. The van der Waals surface area contributed by atoms with E-state index in [1.54, 1.807) is 16.8 Å². The van der Waals surface area contributed by atoms with E-state index in [0.29, 0.717) is 11.5 Å². The lowest BCUT2D eigenvalue weighted by atomic mass is 9.75. The van der Waals surface area contributed by atoms with Crippen LogP contribution in [-0.4, -0.2) is 17.5 Å². The predicted octanol–water partition coefficient (Wildman–Crippen LogP) is 6.48. The van der Waals surface area contributed by atoms with Gasteiger partial charge in [0.1, 0.15) is 0 Å². The standard InChI is InChI=1S/C23H37N/c1-7-18(4)24-15-23(5,6)21-12-17(3)20(14-22(21)24)13-19-10-8-16(2)9-11-19/h14,16,18-19H,3,7-13,15H2,1-2,4-6H3. The van der Waals surface area contributed by atoms with Crippen LogP contribution < -0.4 is 0 Å². The third-order valence-corrected chi connectivity index (χ3v) is 6.92. The maximum atomic E-state index is 4.47. The van der Waals surface area contributed by atoms with Crippen LogP contribution in [0.25, 0.3) is 0 Å². The van der Waals surface area contributed by atoms with Gasteiger partial charge in [-0.25, -0.2) is 0 Å². The number of rotatable bonds is 4. The quantitative estimate of drug-likeness (QED) is 0.571. The minimum Gasteiger partial charge on any atom is -0.368 e. The summed E-state index contributed by atoms with van der Waals surface area (Å²) < 4.78 is 0. The van der Waals surface area contributed by atoms with Crippen molar-refractivity contribution in [3.63, 3.8) is 0 Å². The molecule has 1 heteroatoms. The van der Waals surface area contributed by atoms with Crippen molar-refractivity contribution in [3.05, 3.63) is 35.1 Å². The summed E-state index contributed by atoms with van der Waals surface area (Å²) in [6.45, 7) is 17.6. The molecule has 1 fully saturated rings. The SMILES string of the molecule is C=C1CC2=C(C=C1CC1CCC(C)CC1)N(C(C)CC)CC2(C)C. The Morgan fingerprint density at radius 3 is 2.54 bits per heavy atom. The van der Waals surface area contributed by atoms with Gasteiger partial charge in [-0.3, -0.25) is 0 Å². The van der Waals surface area contributed by atoms with E-state index in [0.717, 1.165) is 18.3 Å². The van der Waals surface area contributed by atoms with Crippen molar-refractivity contribution >= 4 is 0 Å². The Kier molecular flexibility index (Phi) is 5.00. The fourth-order valence-corrected chi connectivity index (χ4v) is 4.88. The van der Waals surface area contributed by atoms with Crippen molar-refractivity contribution in [2.75, 3.05) is 6.54 Å². The van der Waals surface area contributed by atoms with E-state index in [4.69, 9.17) is 0 Å². The molecule has 0 aromatic rings. The van der Waals surface area contributed by atoms with Crippen LogP contribution in [0.2, 0.25) is 0 Å². The van der Waals surface area contributed by atoms with Gasteiger partial charge in [-0.05, 0) is 73.7 Å². The van der Waals surface area contributed by atoms with E-state index in [2.05, 4.69) is 52.2 Å². The van der Waals surface area contributed by atoms with Crippen LogP contribution in [0, 0.1) is 17.3 Å². The molecular weight excluding hydrogens is 290 g/mol. The zero-order valence-corrected chi connectivity index (χ0v) is 16.6. The normalized spacial score (nSPS) is 31.1. The summed E-state index contributed by atoms with van der Waals surface area (Å²) in [7, 11) is 0. The molecule has 2 aliphatic carbocycles. The Labute approximate surface area is 149 Å². The first-order chi connectivity index (χ1) is 11.3. The van der Waals surface area contributed by atoms with Crippen molar-refractivity contribution in [2.24, 2.45) is 17.3 Å². The van der Waals surface area contributed by atoms with Gasteiger partial charge in [0.25, 0.3) is 0 Å². The monoisotopic (exact) mass is 327 g/mol. The topological polar surface area (TPSA) is 3.24 Å². The van der Waals surface area contributed by atoms with Gasteiger partial charge in [0.15, 0.2) is 0 Å². The highest BCUT2D eigenvalue weighted by Crippen LogP contribution is 2.48. The van der Waals surface area contributed by atoms with E-state index in [9.17, 15) is 0 Å². The van der Waals surface area contributed by atoms with Crippen LogP contribution in [0.1, 0.15) is 79.6 Å². The second kappa shape index (κ2) is 6.73. The van der Waals surface area contributed by atoms with Crippen LogP contribution in [0.5, 0.6) is 0 Å². The molecule has 1 nitrogen and oxygen atoms in total. The van der Waals surface area contributed by atoms with Gasteiger partial charge >= 0.3 is 0 Å². The average molecular weight is 328 g/mol. The molecule has 1 aliphatic heterocycles. The van der Waals surface area contributed by atoms with E-state index < -0.39 is 0 Å². The highest BCUT2D eigenvalue weighted by molar-refractivity contribution is 5.49. The zero-order chi connectivity index (χ0) is 17.5. The van der Waals surface area contributed by atoms with Crippen molar-refractivity contribution < 1.29 is 0 Å². The summed E-state index contributed by atoms with van der Waals surface area (Å²) in [6.07, 6.45) is 11.8. The van der Waals surface area contributed by atoms with Crippen molar-refractivity contribution in [3.8, 4) is 0 Å². The minimum absolute atomic E-state index is 0.296. The Morgan fingerprint density at radius 2 is 1.92 bits per heavy atom. The molecular formula is C23H37N. The molecule has 134 valence electrons. The molecule has 1 atom stereocenters. The van der Waals surface area contributed by atoms with Crippen LogP contribution in [0.3, 0.4) is 0 Å². The summed E-state index contributed by atoms with van der Waals surface area (Å²) >= 11 is 0. The fourth-order valence-electron chi connectivity index (χ4n) is 4.88. The number of hydrogen-bond donors (Lipinski definition) is 0. The van der Waals surface area contributed by atoms with E-state index >= 15 is 0 Å². The van der Waals surface area contributed by atoms with Crippen LogP contribution >= 0.6 is 0 Å². The molecule has 3 aliphatic rings. The Bertz CT molecular complexity index is 555. The Morgan fingerprint density at radius 1 is 1.25 bits per heavy atom. The molecule has 3 rings (SSSR count). The van der Waals surface area contributed by atoms with Gasteiger partial charge in [0, 0.05) is 23.7 Å². The maximum Gasteiger partial charge on any atom is 0.0373 e. The van der Waals surface area contributed by atoms with Gasteiger partial charge < -0.3 is 4.90 Å². The minimum atomic E-state index is 0.296. The number of hydrogen-bond acceptors (Lipinski definition) is 1. The number of allylic oxidation sites excluding steroid dienone is 3.